The minimum absolute atomic E-state index is 0.0212. The predicted molar refractivity (Wildman–Crippen MR) is 137 cm³/mol. The van der Waals surface area contributed by atoms with Crippen LogP contribution in [0.3, 0.4) is 0 Å². The summed E-state index contributed by atoms with van der Waals surface area (Å²) in [6.45, 7) is 5.72. The van der Waals surface area contributed by atoms with Gasteiger partial charge in [0.2, 0.25) is 5.91 Å². The monoisotopic (exact) mass is 530 g/mol. The Bertz CT molecular complexity index is 1140. The summed E-state index contributed by atoms with van der Waals surface area (Å²) >= 11 is 9.72. The second-order valence-electron chi connectivity index (χ2n) is 8.03. The van der Waals surface area contributed by atoms with E-state index in [1.807, 2.05) is 62.4 Å². The summed E-state index contributed by atoms with van der Waals surface area (Å²) in [5.74, 6) is 0.0786. The molecule has 0 saturated carbocycles. The van der Waals surface area contributed by atoms with Gasteiger partial charge in [0.1, 0.15) is 11.8 Å². The molecule has 3 rings (SSSR count). The van der Waals surface area contributed by atoms with E-state index in [9.17, 15) is 9.59 Å². The summed E-state index contributed by atoms with van der Waals surface area (Å²) in [4.78, 5) is 27.6. The Morgan fingerprint density at radius 3 is 2.58 bits per heavy atom. The van der Waals surface area contributed by atoms with Crippen LogP contribution in [0, 0.1) is 0 Å². The summed E-state index contributed by atoms with van der Waals surface area (Å²) in [7, 11) is 0. The molecule has 2 atom stereocenters. The molecule has 3 aromatic carbocycles. The number of benzene rings is 3. The Kier molecular flexibility index (Phi) is 8.75. The first-order chi connectivity index (χ1) is 15.8. The molecule has 2 amide bonds. The topological polar surface area (TPSA) is 58.6 Å². The highest BCUT2D eigenvalue weighted by Gasteiger charge is 2.27. The fourth-order valence-electron chi connectivity index (χ4n) is 3.43. The number of ether oxygens (including phenoxy) is 1. The van der Waals surface area contributed by atoms with Crippen molar-refractivity contribution in [1.29, 1.82) is 0 Å². The first-order valence-corrected chi connectivity index (χ1v) is 12.1. The van der Waals surface area contributed by atoms with Crippen molar-refractivity contribution in [1.82, 2.24) is 10.2 Å². The molecule has 0 unspecified atom stereocenters. The molecule has 0 aliphatic carbocycles. The SMILES string of the molecule is CC[C@H](C)NC(=O)[C@@H](C)N(Cc1cccc(Cl)c1)C(=O)COc1ccc2ccccc2c1Br. The quantitative estimate of drug-likeness (QED) is 0.370. The number of fused-ring (bicyclic) bond motifs is 1. The van der Waals surface area contributed by atoms with Crippen molar-refractivity contribution in [2.75, 3.05) is 6.61 Å². The zero-order chi connectivity index (χ0) is 24.0. The minimum atomic E-state index is -0.672. The molecular formula is C26H28BrClN2O3. The third-order valence-electron chi connectivity index (χ3n) is 5.59. The molecule has 174 valence electrons. The van der Waals surface area contributed by atoms with Crippen LogP contribution in [0.15, 0.2) is 65.1 Å². The lowest BCUT2D eigenvalue weighted by Crippen LogP contribution is -2.50. The van der Waals surface area contributed by atoms with Gasteiger partial charge in [0.15, 0.2) is 6.61 Å². The Labute approximate surface area is 208 Å². The highest BCUT2D eigenvalue weighted by atomic mass is 79.9. The lowest BCUT2D eigenvalue weighted by atomic mass is 10.1. The summed E-state index contributed by atoms with van der Waals surface area (Å²) in [6, 6.07) is 18.3. The van der Waals surface area contributed by atoms with Crippen LogP contribution < -0.4 is 10.1 Å². The Morgan fingerprint density at radius 2 is 1.85 bits per heavy atom. The maximum atomic E-state index is 13.3. The number of carbonyl (C=O) groups excluding carboxylic acids is 2. The number of hydrogen-bond donors (Lipinski definition) is 1. The number of carbonyl (C=O) groups is 2. The molecule has 7 heteroatoms. The summed E-state index contributed by atoms with van der Waals surface area (Å²) in [6.07, 6.45) is 0.805. The number of hydrogen-bond acceptors (Lipinski definition) is 3. The van der Waals surface area contributed by atoms with Crippen LogP contribution in [-0.4, -0.2) is 35.4 Å². The smallest absolute Gasteiger partial charge is 0.261 e. The molecule has 0 bridgehead atoms. The molecule has 5 nitrogen and oxygen atoms in total. The highest BCUT2D eigenvalue weighted by Crippen LogP contribution is 2.33. The minimum Gasteiger partial charge on any atom is -0.483 e. The van der Waals surface area contributed by atoms with Gasteiger partial charge < -0.3 is 15.0 Å². The maximum absolute atomic E-state index is 13.3. The molecule has 0 heterocycles. The van der Waals surface area contributed by atoms with Gasteiger partial charge in [-0.15, -0.1) is 0 Å². The average molecular weight is 532 g/mol. The van der Waals surface area contributed by atoms with Crippen LogP contribution in [0.1, 0.15) is 32.8 Å². The number of nitrogens with zero attached hydrogens (tertiary/aromatic N) is 1. The second kappa shape index (κ2) is 11.5. The number of nitrogens with one attached hydrogen (secondary N) is 1. The average Bonchev–Trinajstić information content (AvgIpc) is 2.81. The van der Waals surface area contributed by atoms with E-state index in [2.05, 4.69) is 21.2 Å². The Balaban J connectivity index is 1.79. The highest BCUT2D eigenvalue weighted by molar-refractivity contribution is 9.10. The molecule has 1 N–H and O–H groups in total. The largest absolute Gasteiger partial charge is 0.483 e. The fraction of sp³-hybridized carbons (Fsp3) is 0.308. The van der Waals surface area contributed by atoms with Crippen molar-refractivity contribution in [3.63, 3.8) is 0 Å². The zero-order valence-corrected chi connectivity index (χ0v) is 21.3. The van der Waals surface area contributed by atoms with Crippen LogP contribution in [0.4, 0.5) is 0 Å². The van der Waals surface area contributed by atoms with E-state index in [1.165, 1.54) is 4.90 Å². The molecule has 0 spiro atoms. The van der Waals surface area contributed by atoms with Gasteiger partial charge in [-0.2, -0.15) is 0 Å². The van der Waals surface area contributed by atoms with Crippen molar-refractivity contribution in [3.05, 3.63) is 75.7 Å². The molecule has 0 fully saturated rings. The van der Waals surface area contributed by atoms with Crippen molar-refractivity contribution in [2.24, 2.45) is 0 Å². The molecular weight excluding hydrogens is 504 g/mol. The van der Waals surface area contributed by atoms with Gasteiger partial charge >= 0.3 is 0 Å². The first-order valence-electron chi connectivity index (χ1n) is 10.9. The number of rotatable bonds is 9. The van der Waals surface area contributed by atoms with Crippen LogP contribution in [0.25, 0.3) is 10.8 Å². The van der Waals surface area contributed by atoms with Gasteiger partial charge in [-0.1, -0.05) is 61.0 Å². The van der Waals surface area contributed by atoms with Crippen LogP contribution >= 0.6 is 27.5 Å². The molecule has 0 aliphatic rings. The molecule has 33 heavy (non-hydrogen) atoms. The lowest BCUT2D eigenvalue weighted by Gasteiger charge is -2.29. The molecule has 0 aromatic heterocycles. The Morgan fingerprint density at radius 1 is 1.09 bits per heavy atom. The van der Waals surface area contributed by atoms with Crippen molar-refractivity contribution < 1.29 is 14.3 Å². The molecule has 0 aliphatic heterocycles. The van der Waals surface area contributed by atoms with Crippen LogP contribution in [0.2, 0.25) is 5.02 Å². The normalized spacial score (nSPS) is 12.8. The standard InChI is InChI=1S/C26H28BrClN2O3/c1-4-17(2)29-26(32)18(3)30(15-19-8-7-10-21(28)14-19)24(31)16-33-23-13-12-20-9-5-6-11-22(20)25(23)27/h5-14,17-18H,4,15-16H2,1-3H3,(H,29,32)/t17-,18+/m0/s1. The Hall–Kier alpha value is -2.57. The predicted octanol–water partition coefficient (Wildman–Crippen LogP) is 5.97. The number of amides is 2. The van der Waals surface area contributed by atoms with E-state index in [4.69, 9.17) is 16.3 Å². The van der Waals surface area contributed by atoms with E-state index < -0.39 is 6.04 Å². The van der Waals surface area contributed by atoms with Gasteiger partial charge in [-0.3, -0.25) is 9.59 Å². The fourth-order valence-corrected chi connectivity index (χ4v) is 4.25. The summed E-state index contributed by atoms with van der Waals surface area (Å²) in [5, 5.41) is 5.60. The van der Waals surface area contributed by atoms with E-state index in [0.717, 1.165) is 27.2 Å². The van der Waals surface area contributed by atoms with Crippen molar-refractivity contribution in [3.8, 4) is 5.75 Å². The molecule has 0 radical (unpaired) electrons. The maximum Gasteiger partial charge on any atom is 0.261 e. The van der Waals surface area contributed by atoms with Gasteiger partial charge in [-0.05, 0) is 70.7 Å². The van der Waals surface area contributed by atoms with E-state index in [-0.39, 0.29) is 31.0 Å². The van der Waals surface area contributed by atoms with Gasteiger partial charge in [-0.25, -0.2) is 0 Å². The van der Waals surface area contributed by atoms with E-state index in [0.29, 0.717) is 10.8 Å². The van der Waals surface area contributed by atoms with Crippen LogP contribution in [0.5, 0.6) is 5.75 Å². The van der Waals surface area contributed by atoms with Crippen LogP contribution in [-0.2, 0) is 16.1 Å². The molecule has 0 saturated heterocycles. The third kappa shape index (κ3) is 6.49. The third-order valence-corrected chi connectivity index (χ3v) is 6.64. The van der Waals surface area contributed by atoms with Gasteiger partial charge in [0.25, 0.3) is 5.91 Å². The molecule has 3 aromatic rings. The lowest BCUT2D eigenvalue weighted by molar-refractivity contribution is -0.142. The number of halogens is 2. The summed E-state index contributed by atoms with van der Waals surface area (Å²) in [5.41, 5.74) is 0.839. The summed E-state index contributed by atoms with van der Waals surface area (Å²) < 4.78 is 6.67. The van der Waals surface area contributed by atoms with E-state index >= 15 is 0 Å². The van der Waals surface area contributed by atoms with Crippen molar-refractivity contribution >= 4 is 50.1 Å². The van der Waals surface area contributed by atoms with Gasteiger partial charge in [0.05, 0.1) is 4.47 Å². The van der Waals surface area contributed by atoms with Gasteiger partial charge in [0, 0.05) is 17.6 Å². The van der Waals surface area contributed by atoms with E-state index in [1.54, 1.807) is 19.1 Å². The zero-order valence-electron chi connectivity index (χ0n) is 19.0. The second-order valence-corrected chi connectivity index (χ2v) is 9.26. The first kappa shape index (κ1) is 25.1. The van der Waals surface area contributed by atoms with Crippen molar-refractivity contribution in [2.45, 2.75) is 45.8 Å².